The van der Waals surface area contributed by atoms with Gasteiger partial charge in [0.05, 0.1) is 33.5 Å². The van der Waals surface area contributed by atoms with Gasteiger partial charge in [-0.05, 0) is 75.2 Å². The maximum absolute atomic E-state index is 6.87. The Labute approximate surface area is 394 Å². The molecule has 3 nitrogen and oxygen atoms in total. The largest absolute Gasteiger partial charge is 0.456 e. The Morgan fingerprint density at radius 3 is 1.75 bits per heavy atom. The first-order valence-electron chi connectivity index (χ1n) is 23.4. The van der Waals surface area contributed by atoms with E-state index in [1.54, 1.807) is 0 Å². The van der Waals surface area contributed by atoms with Gasteiger partial charge in [0.1, 0.15) is 11.2 Å². The maximum atomic E-state index is 6.87. The highest BCUT2D eigenvalue weighted by molar-refractivity contribution is 6.28. The molecule has 0 aliphatic heterocycles. The summed E-state index contributed by atoms with van der Waals surface area (Å²) in [6.45, 7) is 0. The van der Waals surface area contributed by atoms with Crippen molar-refractivity contribution in [3.8, 4) is 27.9 Å². The molecule has 2 aromatic heterocycles. The first kappa shape index (κ1) is 38.4. The van der Waals surface area contributed by atoms with Crippen molar-refractivity contribution in [1.82, 2.24) is 4.57 Å². The van der Waals surface area contributed by atoms with E-state index >= 15 is 0 Å². The zero-order valence-corrected chi connectivity index (χ0v) is 37.1. The molecule has 2 heterocycles. The fraction of sp³-hybridized carbons (Fsp3) is 0.0154. The molecule has 0 saturated carbocycles. The number of para-hydroxylation sites is 3. The summed E-state index contributed by atoms with van der Waals surface area (Å²) in [4.78, 5) is 2.52. The van der Waals surface area contributed by atoms with Crippen LogP contribution in [0.1, 0.15) is 22.3 Å². The van der Waals surface area contributed by atoms with Gasteiger partial charge in [0, 0.05) is 49.8 Å². The third kappa shape index (κ3) is 5.41. The molecule has 0 N–H and O–H groups in total. The van der Waals surface area contributed by atoms with E-state index in [1.165, 1.54) is 55.1 Å². The van der Waals surface area contributed by atoms with Gasteiger partial charge in [-0.1, -0.05) is 212 Å². The number of aromatic nitrogens is 1. The molecule has 0 amide bonds. The van der Waals surface area contributed by atoms with E-state index in [1.807, 2.05) is 0 Å². The second kappa shape index (κ2) is 15.1. The number of nitrogens with zero attached hydrogens (tertiary/aromatic N) is 2. The van der Waals surface area contributed by atoms with E-state index in [2.05, 4.69) is 264 Å². The predicted octanol–water partition coefficient (Wildman–Crippen LogP) is 17.3. The highest BCUT2D eigenvalue weighted by Gasteiger charge is 2.47. The summed E-state index contributed by atoms with van der Waals surface area (Å²) in [6, 6.07) is 93.1. The minimum absolute atomic E-state index is 0.557. The van der Waals surface area contributed by atoms with E-state index in [9.17, 15) is 0 Å². The lowest BCUT2D eigenvalue weighted by atomic mass is 9.68. The van der Waals surface area contributed by atoms with Crippen molar-refractivity contribution in [2.45, 2.75) is 5.41 Å². The lowest BCUT2D eigenvalue weighted by molar-refractivity contribution is 0.669. The summed E-state index contributed by atoms with van der Waals surface area (Å²) < 4.78 is 9.39. The highest BCUT2D eigenvalue weighted by Crippen LogP contribution is 2.60. The van der Waals surface area contributed by atoms with Crippen molar-refractivity contribution in [1.29, 1.82) is 0 Å². The van der Waals surface area contributed by atoms with Crippen molar-refractivity contribution >= 4 is 71.6 Å². The average molecular weight is 867 g/mol. The van der Waals surface area contributed by atoms with Gasteiger partial charge in [-0.3, -0.25) is 0 Å². The maximum Gasteiger partial charge on any atom is 0.138 e. The van der Waals surface area contributed by atoms with E-state index < -0.39 is 5.41 Å². The van der Waals surface area contributed by atoms with Crippen LogP contribution in [0.5, 0.6) is 0 Å². The van der Waals surface area contributed by atoms with Gasteiger partial charge in [0.25, 0.3) is 0 Å². The van der Waals surface area contributed by atoms with E-state index in [0.29, 0.717) is 0 Å². The van der Waals surface area contributed by atoms with E-state index in [4.69, 9.17) is 4.42 Å². The third-order valence-corrected chi connectivity index (χ3v) is 14.4. The zero-order valence-electron chi connectivity index (χ0n) is 37.1. The monoisotopic (exact) mass is 866 g/mol. The van der Waals surface area contributed by atoms with Crippen LogP contribution in [-0.4, -0.2) is 4.57 Å². The van der Waals surface area contributed by atoms with Crippen molar-refractivity contribution < 1.29 is 4.42 Å². The molecule has 13 aromatic rings. The number of benzene rings is 11. The Bertz CT molecular complexity index is 4030. The third-order valence-electron chi connectivity index (χ3n) is 14.4. The molecule has 0 fully saturated rings. The van der Waals surface area contributed by atoms with Crippen LogP contribution >= 0.6 is 0 Å². The van der Waals surface area contributed by atoms with Crippen LogP contribution in [-0.2, 0) is 5.41 Å². The van der Waals surface area contributed by atoms with Gasteiger partial charge in [-0.15, -0.1) is 0 Å². The Kier molecular flexibility index (Phi) is 8.50. The summed E-state index contributed by atoms with van der Waals surface area (Å²) in [6.07, 6.45) is 0. The van der Waals surface area contributed by atoms with Gasteiger partial charge in [-0.25, -0.2) is 0 Å². The molecule has 318 valence electrons. The molecule has 11 aromatic carbocycles. The van der Waals surface area contributed by atoms with Crippen LogP contribution in [0.25, 0.3) is 82.5 Å². The number of hydrogen-bond acceptors (Lipinski definition) is 2. The molecular formula is C65H42N2O. The number of furan rings is 1. The van der Waals surface area contributed by atoms with E-state index in [0.717, 1.165) is 66.7 Å². The first-order chi connectivity index (χ1) is 33.8. The molecule has 0 unspecified atom stereocenters. The number of anilines is 3. The van der Waals surface area contributed by atoms with Crippen molar-refractivity contribution in [3.05, 3.63) is 277 Å². The average Bonchev–Trinajstić information content (AvgIpc) is 4.06. The van der Waals surface area contributed by atoms with Crippen LogP contribution in [0.15, 0.2) is 259 Å². The zero-order chi connectivity index (χ0) is 44.8. The molecule has 0 bridgehead atoms. The lowest BCUT2D eigenvalue weighted by Gasteiger charge is -2.34. The molecule has 14 rings (SSSR count). The first-order valence-corrected chi connectivity index (χ1v) is 23.4. The molecule has 1 aliphatic rings. The second-order valence-electron chi connectivity index (χ2n) is 17.9. The fourth-order valence-corrected chi connectivity index (χ4v) is 11.8. The Morgan fingerprint density at radius 2 is 0.971 bits per heavy atom. The number of fused-ring (bicyclic) bond motifs is 10. The molecule has 1 aliphatic carbocycles. The summed E-state index contributed by atoms with van der Waals surface area (Å²) in [5, 5.41) is 6.93. The molecule has 0 saturated heterocycles. The Balaban J connectivity index is 1.16. The van der Waals surface area contributed by atoms with Crippen molar-refractivity contribution in [2.24, 2.45) is 0 Å². The Hall–Kier alpha value is -8.92. The molecule has 0 atom stereocenters. The topological polar surface area (TPSA) is 21.3 Å². The quantitative estimate of drug-likeness (QED) is 0.159. The molecular weight excluding hydrogens is 825 g/mol. The molecule has 0 radical (unpaired) electrons. The summed E-state index contributed by atoms with van der Waals surface area (Å²) in [5.74, 6) is 0. The molecule has 68 heavy (non-hydrogen) atoms. The number of rotatable bonds is 7. The molecule has 3 heteroatoms. The fourth-order valence-electron chi connectivity index (χ4n) is 11.8. The minimum Gasteiger partial charge on any atom is -0.456 e. The van der Waals surface area contributed by atoms with Gasteiger partial charge in [0.15, 0.2) is 0 Å². The summed E-state index contributed by atoms with van der Waals surface area (Å²) >= 11 is 0. The standard InChI is InChI=1S/C65H42N2O/c1-5-23-44(24-6-1)60-62-51-35-20-40-56(64(51)67(54-38-19-25-43-22-13-14-32-48(43)54)57(62)42-59-63(60)50-34-16-18-41-58(50)68-59)66(47-30-11-4-12-31-47)55-39-21-37-53-61(55)49-33-15-17-36-52(49)65(53,45-26-7-2-8-27-45)46-28-9-3-10-29-46/h1-42H. The minimum atomic E-state index is -0.557. The van der Waals surface area contributed by atoms with Gasteiger partial charge in [-0.2, -0.15) is 0 Å². The highest BCUT2D eigenvalue weighted by atomic mass is 16.3. The summed E-state index contributed by atoms with van der Waals surface area (Å²) in [7, 11) is 0. The van der Waals surface area contributed by atoms with Crippen LogP contribution in [0.2, 0.25) is 0 Å². The normalized spacial score (nSPS) is 12.8. The Morgan fingerprint density at radius 1 is 0.397 bits per heavy atom. The SMILES string of the molecule is c1ccc(-c2c3c(cc4c2c2cccc(N(c5ccccc5)c5cccc6c5-c5ccccc5C6(c5ccccc5)c5ccccc5)c2n4-c2cccc4ccccc24)oc2ccccc23)cc1. The second-order valence-corrected chi connectivity index (χ2v) is 17.9. The lowest BCUT2D eigenvalue weighted by Crippen LogP contribution is -2.28. The van der Waals surface area contributed by atoms with Crippen LogP contribution < -0.4 is 4.90 Å². The number of hydrogen-bond donors (Lipinski definition) is 0. The van der Waals surface area contributed by atoms with Gasteiger partial charge < -0.3 is 13.9 Å². The van der Waals surface area contributed by atoms with Crippen LogP contribution in [0, 0.1) is 0 Å². The van der Waals surface area contributed by atoms with Crippen molar-refractivity contribution in [3.63, 3.8) is 0 Å². The summed E-state index contributed by atoms with van der Waals surface area (Å²) in [5.41, 5.74) is 17.5. The van der Waals surface area contributed by atoms with E-state index in [-0.39, 0.29) is 0 Å². The predicted molar refractivity (Wildman–Crippen MR) is 283 cm³/mol. The van der Waals surface area contributed by atoms with Gasteiger partial charge >= 0.3 is 0 Å². The smallest absolute Gasteiger partial charge is 0.138 e. The van der Waals surface area contributed by atoms with Crippen LogP contribution in [0.4, 0.5) is 17.1 Å². The molecule has 0 spiro atoms. The van der Waals surface area contributed by atoms with Crippen LogP contribution in [0.3, 0.4) is 0 Å². The van der Waals surface area contributed by atoms with Gasteiger partial charge in [0.2, 0.25) is 0 Å². The van der Waals surface area contributed by atoms with Crippen molar-refractivity contribution in [2.75, 3.05) is 4.90 Å².